The molecule has 0 aliphatic heterocycles. The van der Waals surface area contributed by atoms with Crippen molar-refractivity contribution in [1.82, 2.24) is 9.97 Å². The van der Waals surface area contributed by atoms with Crippen LogP contribution in [-0.4, -0.2) is 24.2 Å². The number of hydrogen-bond donors (Lipinski definition) is 0. The third-order valence-corrected chi connectivity index (χ3v) is 1.60. The summed E-state index contributed by atoms with van der Waals surface area (Å²) < 4.78 is 10.2. The highest BCUT2D eigenvalue weighted by molar-refractivity contribution is 9.10. The number of methoxy groups -OCH3 is 2. The molecule has 0 atom stereocenters. The molecule has 0 radical (unpaired) electrons. The summed E-state index contributed by atoms with van der Waals surface area (Å²) in [7, 11) is 3.06. The van der Waals surface area contributed by atoms with Crippen LogP contribution in [0, 0.1) is 0 Å². The average molecular weight is 219 g/mol. The molecule has 1 heterocycles. The molecule has 0 aromatic carbocycles. The standard InChI is InChI=1S/C6H7BrN2O2/c1-10-4-3-8-6(11-2)5(7)9-4/h3H,1-2H3. The predicted octanol–water partition coefficient (Wildman–Crippen LogP) is 1.26. The molecule has 0 aliphatic rings. The van der Waals surface area contributed by atoms with Crippen LogP contribution in [-0.2, 0) is 0 Å². The first kappa shape index (κ1) is 8.26. The van der Waals surface area contributed by atoms with E-state index in [1.165, 1.54) is 20.4 Å². The fraction of sp³-hybridized carbons (Fsp3) is 0.333. The zero-order valence-electron chi connectivity index (χ0n) is 6.17. The van der Waals surface area contributed by atoms with Crippen molar-refractivity contribution in [3.05, 3.63) is 10.8 Å². The van der Waals surface area contributed by atoms with E-state index in [0.717, 1.165) is 0 Å². The summed E-state index contributed by atoms with van der Waals surface area (Å²) in [6.45, 7) is 0. The first-order valence-electron chi connectivity index (χ1n) is 2.88. The van der Waals surface area contributed by atoms with Crippen LogP contribution >= 0.6 is 15.9 Å². The Balaban J connectivity index is 2.99. The molecule has 60 valence electrons. The van der Waals surface area contributed by atoms with Gasteiger partial charge in [0.1, 0.15) is 0 Å². The van der Waals surface area contributed by atoms with Gasteiger partial charge in [0.05, 0.1) is 20.4 Å². The molecule has 4 nitrogen and oxygen atoms in total. The summed E-state index contributed by atoms with van der Waals surface area (Å²) in [6.07, 6.45) is 1.49. The Kier molecular flexibility index (Phi) is 2.64. The average Bonchev–Trinajstić information content (AvgIpc) is 2.04. The molecule has 11 heavy (non-hydrogen) atoms. The smallest absolute Gasteiger partial charge is 0.247 e. The van der Waals surface area contributed by atoms with Gasteiger partial charge in [0.2, 0.25) is 11.8 Å². The second-order valence-corrected chi connectivity index (χ2v) is 2.46. The molecule has 0 spiro atoms. The van der Waals surface area contributed by atoms with Gasteiger partial charge in [-0.2, -0.15) is 4.98 Å². The molecule has 0 N–H and O–H groups in total. The molecule has 5 heteroatoms. The summed E-state index contributed by atoms with van der Waals surface area (Å²) in [5.74, 6) is 0.906. The Morgan fingerprint density at radius 2 is 2.09 bits per heavy atom. The van der Waals surface area contributed by atoms with E-state index in [2.05, 4.69) is 25.9 Å². The summed E-state index contributed by atoms with van der Waals surface area (Å²) in [5.41, 5.74) is 0. The van der Waals surface area contributed by atoms with Crippen molar-refractivity contribution in [2.24, 2.45) is 0 Å². The van der Waals surface area contributed by atoms with Gasteiger partial charge >= 0.3 is 0 Å². The van der Waals surface area contributed by atoms with Crippen LogP contribution in [0.4, 0.5) is 0 Å². The first-order chi connectivity index (χ1) is 5.27. The van der Waals surface area contributed by atoms with Gasteiger partial charge in [-0.3, -0.25) is 0 Å². The number of hydrogen-bond acceptors (Lipinski definition) is 4. The highest BCUT2D eigenvalue weighted by atomic mass is 79.9. The maximum atomic E-state index is 4.87. The van der Waals surface area contributed by atoms with Gasteiger partial charge in [-0.1, -0.05) is 0 Å². The Morgan fingerprint density at radius 1 is 1.36 bits per heavy atom. The van der Waals surface area contributed by atoms with Crippen LogP contribution in [0.15, 0.2) is 10.8 Å². The normalized spacial score (nSPS) is 9.36. The van der Waals surface area contributed by atoms with Gasteiger partial charge in [0.15, 0.2) is 4.60 Å². The van der Waals surface area contributed by atoms with Crippen LogP contribution in [0.5, 0.6) is 11.8 Å². The van der Waals surface area contributed by atoms with Crippen molar-refractivity contribution in [2.45, 2.75) is 0 Å². The largest absolute Gasteiger partial charge is 0.480 e. The van der Waals surface area contributed by atoms with Gasteiger partial charge in [-0.25, -0.2) is 4.98 Å². The molecule has 1 aromatic rings. The zero-order valence-corrected chi connectivity index (χ0v) is 7.75. The lowest BCUT2D eigenvalue weighted by molar-refractivity contribution is 0.371. The van der Waals surface area contributed by atoms with E-state index in [4.69, 9.17) is 9.47 Å². The van der Waals surface area contributed by atoms with E-state index >= 15 is 0 Å². The maximum absolute atomic E-state index is 4.87. The number of rotatable bonds is 2. The van der Waals surface area contributed by atoms with Crippen molar-refractivity contribution < 1.29 is 9.47 Å². The SMILES string of the molecule is COc1cnc(OC)c(Br)n1. The lowest BCUT2D eigenvalue weighted by Gasteiger charge is -2.01. The highest BCUT2D eigenvalue weighted by Crippen LogP contribution is 2.21. The minimum atomic E-state index is 0.450. The van der Waals surface area contributed by atoms with Crippen LogP contribution in [0.3, 0.4) is 0 Å². The van der Waals surface area contributed by atoms with Crippen molar-refractivity contribution >= 4 is 15.9 Å². The highest BCUT2D eigenvalue weighted by Gasteiger charge is 2.03. The van der Waals surface area contributed by atoms with Crippen molar-refractivity contribution in [1.29, 1.82) is 0 Å². The van der Waals surface area contributed by atoms with E-state index in [1.54, 1.807) is 0 Å². The summed E-state index contributed by atoms with van der Waals surface area (Å²) in [5, 5.41) is 0. The molecule has 0 amide bonds. The monoisotopic (exact) mass is 218 g/mol. The van der Waals surface area contributed by atoms with Gasteiger partial charge in [-0.05, 0) is 15.9 Å². The minimum absolute atomic E-state index is 0.450. The molecule has 0 saturated carbocycles. The lowest BCUT2D eigenvalue weighted by atomic mass is 10.7. The molecule has 0 unspecified atom stereocenters. The number of ether oxygens (including phenoxy) is 2. The number of aromatic nitrogens is 2. The molecule has 1 aromatic heterocycles. The fourth-order valence-electron chi connectivity index (χ4n) is 0.576. The quantitative estimate of drug-likeness (QED) is 0.750. The van der Waals surface area contributed by atoms with Crippen LogP contribution < -0.4 is 9.47 Å². The molecule has 0 aliphatic carbocycles. The maximum Gasteiger partial charge on any atom is 0.247 e. The molecule has 0 bridgehead atoms. The molecular weight excluding hydrogens is 212 g/mol. The predicted molar refractivity (Wildman–Crippen MR) is 42.8 cm³/mol. The van der Waals surface area contributed by atoms with Crippen molar-refractivity contribution in [2.75, 3.05) is 14.2 Å². The summed E-state index contributed by atoms with van der Waals surface area (Å²) >= 11 is 3.17. The van der Waals surface area contributed by atoms with E-state index in [9.17, 15) is 0 Å². The third kappa shape index (κ3) is 1.80. The summed E-state index contributed by atoms with van der Waals surface area (Å²) in [6, 6.07) is 0. The Hall–Kier alpha value is -0.840. The minimum Gasteiger partial charge on any atom is -0.480 e. The van der Waals surface area contributed by atoms with Gasteiger partial charge in [-0.15, -0.1) is 0 Å². The first-order valence-corrected chi connectivity index (χ1v) is 3.67. The van der Waals surface area contributed by atoms with Crippen molar-refractivity contribution in [3.63, 3.8) is 0 Å². The second-order valence-electron chi connectivity index (χ2n) is 1.71. The second kappa shape index (κ2) is 3.52. The zero-order chi connectivity index (χ0) is 8.27. The third-order valence-electron chi connectivity index (χ3n) is 1.08. The molecule has 0 saturated heterocycles. The van der Waals surface area contributed by atoms with Gasteiger partial charge < -0.3 is 9.47 Å². The topological polar surface area (TPSA) is 44.2 Å². The van der Waals surface area contributed by atoms with E-state index in [-0.39, 0.29) is 0 Å². The van der Waals surface area contributed by atoms with Gasteiger partial charge in [0.25, 0.3) is 0 Å². The van der Waals surface area contributed by atoms with Crippen LogP contribution in [0.25, 0.3) is 0 Å². The Labute approximate surface area is 72.7 Å². The van der Waals surface area contributed by atoms with E-state index in [0.29, 0.717) is 16.4 Å². The lowest BCUT2D eigenvalue weighted by Crippen LogP contribution is -1.94. The van der Waals surface area contributed by atoms with E-state index < -0.39 is 0 Å². The van der Waals surface area contributed by atoms with Crippen LogP contribution in [0.2, 0.25) is 0 Å². The molecular formula is C6H7BrN2O2. The van der Waals surface area contributed by atoms with E-state index in [1.807, 2.05) is 0 Å². The van der Waals surface area contributed by atoms with Crippen molar-refractivity contribution in [3.8, 4) is 11.8 Å². The van der Waals surface area contributed by atoms with Gasteiger partial charge in [0, 0.05) is 0 Å². The molecule has 1 rings (SSSR count). The summed E-state index contributed by atoms with van der Waals surface area (Å²) in [4.78, 5) is 7.88. The Bertz CT molecular complexity index is 254. The fourth-order valence-corrected chi connectivity index (χ4v) is 1.01. The number of nitrogens with zero attached hydrogens (tertiary/aromatic N) is 2. The Morgan fingerprint density at radius 3 is 2.55 bits per heavy atom. The van der Waals surface area contributed by atoms with Crippen LogP contribution in [0.1, 0.15) is 0 Å². The number of halogens is 1. The molecule has 0 fully saturated rings.